The maximum atomic E-state index is 14.3. The first kappa shape index (κ1) is 14.3. The summed E-state index contributed by atoms with van der Waals surface area (Å²) in [5.41, 5.74) is 2.20. The Balaban J connectivity index is 1.82. The fraction of sp³-hybridized carbons (Fsp3) is 0.294. The van der Waals surface area contributed by atoms with E-state index in [0.29, 0.717) is 18.8 Å². The van der Waals surface area contributed by atoms with Gasteiger partial charge in [-0.2, -0.15) is 0 Å². The molecule has 2 aromatic rings. The summed E-state index contributed by atoms with van der Waals surface area (Å²) < 4.78 is 25.7. The van der Waals surface area contributed by atoms with Crippen molar-refractivity contribution >= 4 is 12.6 Å². The molecule has 2 nitrogen and oxygen atoms in total. The van der Waals surface area contributed by atoms with Crippen LogP contribution in [0.3, 0.4) is 0 Å². The van der Waals surface area contributed by atoms with Crippen LogP contribution in [-0.4, -0.2) is 20.3 Å². The van der Waals surface area contributed by atoms with Gasteiger partial charge >= 0.3 is 7.12 Å². The first-order chi connectivity index (χ1) is 10.1. The van der Waals surface area contributed by atoms with Gasteiger partial charge in [0.15, 0.2) is 0 Å². The van der Waals surface area contributed by atoms with Crippen LogP contribution in [0, 0.1) is 11.2 Å². The molecular formula is C17H18BFO2. The highest BCUT2D eigenvalue weighted by atomic mass is 19.1. The highest BCUT2D eigenvalue weighted by molar-refractivity contribution is 6.61. The SMILES string of the molecule is CC1(C)COB(c2ccc(-c3ccccc3)c(F)c2)OC1. The number of hydrogen-bond donors (Lipinski definition) is 0. The molecule has 0 radical (unpaired) electrons. The Bertz CT molecular complexity index is 618. The average Bonchev–Trinajstić information content (AvgIpc) is 2.48. The fourth-order valence-corrected chi connectivity index (χ4v) is 2.41. The summed E-state index contributed by atoms with van der Waals surface area (Å²) in [6.07, 6.45) is 0. The minimum atomic E-state index is -0.475. The maximum absolute atomic E-state index is 14.3. The number of hydrogen-bond acceptors (Lipinski definition) is 2. The molecule has 1 aliphatic heterocycles. The minimum Gasteiger partial charge on any atom is -0.407 e. The standard InChI is InChI=1S/C17H18BFO2/c1-17(2)11-20-18(21-12-17)14-8-9-15(16(19)10-14)13-6-4-3-5-7-13/h3-10H,11-12H2,1-2H3. The lowest BCUT2D eigenvalue weighted by atomic mass is 9.75. The van der Waals surface area contributed by atoms with E-state index in [-0.39, 0.29) is 11.2 Å². The second kappa shape index (κ2) is 5.62. The van der Waals surface area contributed by atoms with Gasteiger partial charge < -0.3 is 9.31 Å². The van der Waals surface area contributed by atoms with Gasteiger partial charge in [-0.3, -0.25) is 0 Å². The zero-order chi connectivity index (χ0) is 14.9. The van der Waals surface area contributed by atoms with Gasteiger partial charge in [0.05, 0.1) is 0 Å². The molecule has 0 N–H and O–H groups in total. The Kier molecular flexibility index (Phi) is 3.83. The third kappa shape index (κ3) is 3.17. The van der Waals surface area contributed by atoms with Gasteiger partial charge in [-0.25, -0.2) is 4.39 Å². The summed E-state index contributed by atoms with van der Waals surface area (Å²) in [5, 5.41) is 0. The van der Waals surface area contributed by atoms with Crippen molar-refractivity contribution in [1.29, 1.82) is 0 Å². The van der Waals surface area contributed by atoms with E-state index in [2.05, 4.69) is 13.8 Å². The zero-order valence-electron chi connectivity index (χ0n) is 12.3. The van der Waals surface area contributed by atoms with E-state index < -0.39 is 7.12 Å². The first-order valence-corrected chi connectivity index (χ1v) is 7.13. The van der Waals surface area contributed by atoms with E-state index in [4.69, 9.17) is 9.31 Å². The van der Waals surface area contributed by atoms with Crippen LogP contribution in [0.15, 0.2) is 48.5 Å². The van der Waals surface area contributed by atoms with E-state index in [1.807, 2.05) is 36.4 Å². The second-order valence-electron chi connectivity index (χ2n) is 6.22. The van der Waals surface area contributed by atoms with Gasteiger partial charge in [0.1, 0.15) is 5.82 Å². The lowest BCUT2D eigenvalue weighted by molar-refractivity contribution is 0.0343. The summed E-state index contributed by atoms with van der Waals surface area (Å²) in [6.45, 7) is 5.39. The van der Waals surface area contributed by atoms with E-state index >= 15 is 0 Å². The van der Waals surface area contributed by atoms with Gasteiger partial charge in [-0.15, -0.1) is 0 Å². The smallest absolute Gasteiger partial charge is 0.407 e. The molecule has 1 fully saturated rings. The van der Waals surface area contributed by atoms with Crippen molar-refractivity contribution in [3.8, 4) is 11.1 Å². The van der Waals surface area contributed by atoms with E-state index in [9.17, 15) is 4.39 Å². The predicted molar refractivity (Wildman–Crippen MR) is 82.9 cm³/mol. The molecule has 1 heterocycles. The molecule has 1 aliphatic rings. The molecule has 3 rings (SSSR count). The minimum absolute atomic E-state index is 0.0129. The molecule has 1 saturated heterocycles. The Morgan fingerprint density at radius 2 is 1.67 bits per heavy atom. The van der Waals surface area contributed by atoms with E-state index in [1.54, 1.807) is 6.07 Å². The van der Waals surface area contributed by atoms with Crippen molar-refractivity contribution < 1.29 is 13.7 Å². The molecular weight excluding hydrogens is 266 g/mol. The van der Waals surface area contributed by atoms with Crippen molar-refractivity contribution in [3.05, 3.63) is 54.3 Å². The summed E-state index contributed by atoms with van der Waals surface area (Å²) in [7, 11) is -0.475. The molecule has 108 valence electrons. The Labute approximate surface area is 125 Å². The van der Waals surface area contributed by atoms with Crippen LogP contribution in [0.1, 0.15) is 13.8 Å². The molecule has 0 amide bonds. The van der Waals surface area contributed by atoms with Crippen LogP contribution in [-0.2, 0) is 9.31 Å². The molecule has 0 saturated carbocycles. The fourth-order valence-electron chi connectivity index (χ4n) is 2.41. The molecule has 0 atom stereocenters. The molecule has 0 unspecified atom stereocenters. The third-order valence-electron chi connectivity index (χ3n) is 3.60. The summed E-state index contributed by atoms with van der Waals surface area (Å²) >= 11 is 0. The van der Waals surface area contributed by atoms with Crippen molar-refractivity contribution in [2.24, 2.45) is 5.41 Å². The summed E-state index contributed by atoms with van der Waals surface area (Å²) in [6, 6.07) is 14.7. The van der Waals surface area contributed by atoms with Gasteiger partial charge in [0, 0.05) is 24.2 Å². The summed E-state index contributed by atoms with van der Waals surface area (Å²) in [4.78, 5) is 0. The second-order valence-corrected chi connectivity index (χ2v) is 6.22. The lowest BCUT2D eigenvalue weighted by Gasteiger charge is -2.33. The molecule has 21 heavy (non-hydrogen) atoms. The third-order valence-corrected chi connectivity index (χ3v) is 3.60. The zero-order valence-corrected chi connectivity index (χ0v) is 12.3. The Morgan fingerprint density at radius 3 is 2.29 bits per heavy atom. The number of halogens is 1. The van der Waals surface area contributed by atoms with Crippen molar-refractivity contribution in [1.82, 2.24) is 0 Å². The Hall–Kier alpha value is -1.65. The molecule has 4 heteroatoms. The van der Waals surface area contributed by atoms with Crippen LogP contribution in [0.5, 0.6) is 0 Å². The van der Waals surface area contributed by atoms with Gasteiger partial charge in [-0.05, 0) is 17.1 Å². The number of rotatable bonds is 2. The van der Waals surface area contributed by atoms with Crippen LogP contribution in [0.2, 0.25) is 0 Å². The largest absolute Gasteiger partial charge is 0.494 e. The van der Waals surface area contributed by atoms with Gasteiger partial charge in [0.2, 0.25) is 0 Å². The molecule has 0 bridgehead atoms. The highest BCUT2D eigenvalue weighted by Crippen LogP contribution is 2.24. The first-order valence-electron chi connectivity index (χ1n) is 7.13. The van der Waals surface area contributed by atoms with Gasteiger partial charge in [0.25, 0.3) is 0 Å². The van der Waals surface area contributed by atoms with E-state index in [1.165, 1.54) is 6.07 Å². The lowest BCUT2D eigenvalue weighted by Crippen LogP contribution is -2.47. The quantitative estimate of drug-likeness (QED) is 0.788. The average molecular weight is 284 g/mol. The maximum Gasteiger partial charge on any atom is 0.494 e. The van der Waals surface area contributed by atoms with Crippen LogP contribution in [0.25, 0.3) is 11.1 Å². The highest BCUT2D eigenvalue weighted by Gasteiger charge is 2.33. The van der Waals surface area contributed by atoms with Crippen molar-refractivity contribution in [3.63, 3.8) is 0 Å². The molecule has 0 aromatic heterocycles. The molecule has 0 spiro atoms. The molecule has 0 aliphatic carbocycles. The normalized spacial score (nSPS) is 17.8. The van der Waals surface area contributed by atoms with Crippen LogP contribution >= 0.6 is 0 Å². The predicted octanol–water partition coefficient (Wildman–Crippen LogP) is 3.26. The van der Waals surface area contributed by atoms with Crippen LogP contribution in [0.4, 0.5) is 4.39 Å². The van der Waals surface area contributed by atoms with E-state index in [0.717, 1.165) is 11.0 Å². The number of benzene rings is 2. The topological polar surface area (TPSA) is 18.5 Å². The van der Waals surface area contributed by atoms with Crippen molar-refractivity contribution in [2.75, 3.05) is 13.2 Å². The van der Waals surface area contributed by atoms with Crippen LogP contribution < -0.4 is 5.46 Å². The summed E-state index contributed by atoms with van der Waals surface area (Å²) in [5.74, 6) is -0.254. The Morgan fingerprint density at radius 1 is 1.00 bits per heavy atom. The molecule has 2 aromatic carbocycles. The monoisotopic (exact) mass is 284 g/mol. The van der Waals surface area contributed by atoms with Gasteiger partial charge in [-0.1, -0.05) is 56.3 Å². The van der Waals surface area contributed by atoms with Crippen molar-refractivity contribution in [2.45, 2.75) is 13.8 Å².